The molecule has 1 amide bonds. The Labute approximate surface area is 110 Å². The Morgan fingerprint density at radius 1 is 1.50 bits per heavy atom. The Bertz CT molecular complexity index is 349. The molecule has 0 aliphatic heterocycles. The van der Waals surface area contributed by atoms with Gasteiger partial charge in [0.2, 0.25) is 0 Å². The van der Waals surface area contributed by atoms with Gasteiger partial charge < -0.3 is 4.90 Å². The third-order valence-electron chi connectivity index (χ3n) is 2.37. The number of hydrogen-bond donors (Lipinski definition) is 0. The standard InChI is InChI=1S/C12H18BrNOS/c1-9(2)14(8-4-7-13)12(15)11-6-5-10(3)16-11/h5-6,9H,4,7-8H2,1-3H3. The normalized spacial score (nSPS) is 10.8. The number of rotatable bonds is 5. The summed E-state index contributed by atoms with van der Waals surface area (Å²) < 4.78 is 0. The molecule has 0 aliphatic rings. The fourth-order valence-corrected chi connectivity index (χ4v) is 2.59. The fourth-order valence-electron chi connectivity index (χ4n) is 1.52. The third-order valence-corrected chi connectivity index (χ3v) is 3.92. The highest BCUT2D eigenvalue weighted by atomic mass is 79.9. The molecule has 1 aromatic rings. The van der Waals surface area contributed by atoms with Gasteiger partial charge in [-0.05, 0) is 39.3 Å². The first-order valence-electron chi connectivity index (χ1n) is 5.49. The Hall–Kier alpha value is -0.350. The average molecular weight is 304 g/mol. The van der Waals surface area contributed by atoms with E-state index in [2.05, 4.69) is 29.8 Å². The van der Waals surface area contributed by atoms with Crippen molar-refractivity contribution in [3.8, 4) is 0 Å². The topological polar surface area (TPSA) is 20.3 Å². The lowest BCUT2D eigenvalue weighted by molar-refractivity contribution is 0.0711. The minimum absolute atomic E-state index is 0.161. The van der Waals surface area contributed by atoms with Gasteiger partial charge in [-0.2, -0.15) is 0 Å². The first-order chi connectivity index (χ1) is 7.56. The monoisotopic (exact) mass is 303 g/mol. The summed E-state index contributed by atoms with van der Waals surface area (Å²) in [6.07, 6.45) is 0.994. The van der Waals surface area contributed by atoms with Crippen LogP contribution in [0.5, 0.6) is 0 Å². The highest BCUT2D eigenvalue weighted by Crippen LogP contribution is 2.18. The van der Waals surface area contributed by atoms with E-state index in [-0.39, 0.29) is 11.9 Å². The highest BCUT2D eigenvalue weighted by molar-refractivity contribution is 9.09. The first-order valence-corrected chi connectivity index (χ1v) is 7.43. The molecule has 1 heterocycles. The van der Waals surface area contributed by atoms with Gasteiger partial charge in [0.1, 0.15) is 0 Å². The molecule has 16 heavy (non-hydrogen) atoms. The summed E-state index contributed by atoms with van der Waals surface area (Å²) in [5.41, 5.74) is 0. The fraction of sp³-hybridized carbons (Fsp3) is 0.583. The van der Waals surface area contributed by atoms with E-state index < -0.39 is 0 Å². The summed E-state index contributed by atoms with van der Waals surface area (Å²) in [5.74, 6) is 0.161. The molecule has 90 valence electrons. The van der Waals surface area contributed by atoms with Crippen molar-refractivity contribution in [1.29, 1.82) is 0 Å². The van der Waals surface area contributed by atoms with E-state index >= 15 is 0 Å². The van der Waals surface area contributed by atoms with E-state index in [9.17, 15) is 4.79 Å². The summed E-state index contributed by atoms with van der Waals surface area (Å²) in [5, 5.41) is 0.937. The lowest BCUT2D eigenvalue weighted by atomic mass is 10.2. The summed E-state index contributed by atoms with van der Waals surface area (Å²) >= 11 is 4.97. The Morgan fingerprint density at radius 3 is 2.62 bits per heavy atom. The average Bonchev–Trinajstić information content (AvgIpc) is 2.64. The molecule has 0 fully saturated rings. The molecule has 0 saturated carbocycles. The van der Waals surface area contributed by atoms with Gasteiger partial charge in [0.15, 0.2) is 0 Å². The van der Waals surface area contributed by atoms with E-state index in [4.69, 9.17) is 0 Å². The molecule has 1 rings (SSSR count). The number of carbonyl (C=O) groups is 1. The molecule has 0 aromatic carbocycles. The Morgan fingerprint density at radius 2 is 2.19 bits per heavy atom. The largest absolute Gasteiger partial charge is 0.335 e. The van der Waals surface area contributed by atoms with Crippen molar-refractivity contribution >= 4 is 33.2 Å². The predicted molar refractivity (Wildman–Crippen MR) is 73.6 cm³/mol. The lowest BCUT2D eigenvalue weighted by Crippen LogP contribution is -2.37. The second kappa shape index (κ2) is 6.40. The summed E-state index contributed by atoms with van der Waals surface area (Å²) in [4.78, 5) is 16.2. The molecule has 0 atom stereocenters. The number of amides is 1. The van der Waals surface area contributed by atoms with Gasteiger partial charge in [-0.15, -0.1) is 11.3 Å². The molecule has 0 spiro atoms. The van der Waals surface area contributed by atoms with E-state index in [0.717, 1.165) is 23.2 Å². The van der Waals surface area contributed by atoms with Crippen LogP contribution in [-0.4, -0.2) is 28.7 Å². The second-order valence-electron chi connectivity index (χ2n) is 4.05. The van der Waals surface area contributed by atoms with Crippen molar-refractivity contribution in [2.24, 2.45) is 0 Å². The van der Waals surface area contributed by atoms with Crippen LogP contribution in [0.4, 0.5) is 0 Å². The van der Waals surface area contributed by atoms with Crippen molar-refractivity contribution in [1.82, 2.24) is 4.90 Å². The van der Waals surface area contributed by atoms with Crippen molar-refractivity contribution in [3.63, 3.8) is 0 Å². The number of thiophene rings is 1. The SMILES string of the molecule is Cc1ccc(C(=O)N(CCCBr)C(C)C)s1. The zero-order chi connectivity index (χ0) is 12.1. The predicted octanol–water partition coefficient (Wildman–Crippen LogP) is 3.69. The molecular formula is C12H18BrNOS. The molecule has 0 unspecified atom stereocenters. The highest BCUT2D eigenvalue weighted by Gasteiger charge is 2.19. The van der Waals surface area contributed by atoms with Crippen LogP contribution in [-0.2, 0) is 0 Å². The van der Waals surface area contributed by atoms with E-state index in [1.807, 2.05) is 24.0 Å². The smallest absolute Gasteiger partial charge is 0.264 e. The minimum atomic E-state index is 0.161. The minimum Gasteiger partial charge on any atom is -0.335 e. The molecule has 4 heteroatoms. The van der Waals surface area contributed by atoms with Crippen LogP contribution in [0.2, 0.25) is 0 Å². The quantitative estimate of drug-likeness (QED) is 0.760. The van der Waals surface area contributed by atoms with Gasteiger partial charge in [0, 0.05) is 22.8 Å². The number of nitrogens with zero attached hydrogens (tertiary/aromatic N) is 1. The molecule has 1 aromatic heterocycles. The second-order valence-corrected chi connectivity index (χ2v) is 6.13. The molecular weight excluding hydrogens is 286 g/mol. The van der Waals surface area contributed by atoms with E-state index in [0.29, 0.717) is 0 Å². The lowest BCUT2D eigenvalue weighted by Gasteiger charge is -2.26. The van der Waals surface area contributed by atoms with Crippen LogP contribution < -0.4 is 0 Å². The summed E-state index contributed by atoms with van der Waals surface area (Å²) in [6, 6.07) is 4.18. The zero-order valence-corrected chi connectivity index (χ0v) is 12.4. The number of carbonyl (C=O) groups excluding carboxylic acids is 1. The number of aryl methyl sites for hydroxylation is 1. The maximum atomic E-state index is 12.2. The molecule has 0 radical (unpaired) electrons. The van der Waals surface area contributed by atoms with Gasteiger partial charge in [0.05, 0.1) is 4.88 Å². The maximum absolute atomic E-state index is 12.2. The van der Waals surface area contributed by atoms with Gasteiger partial charge in [-0.1, -0.05) is 15.9 Å². The summed E-state index contributed by atoms with van der Waals surface area (Å²) in [6.45, 7) is 6.97. The number of hydrogen-bond acceptors (Lipinski definition) is 2. The van der Waals surface area contributed by atoms with E-state index in [1.54, 1.807) is 11.3 Å². The van der Waals surface area contributed by atoms with Gasteiger partial charge in [-0.25, -0.2) is 0 Å². The third kappa shape index (κ3) is 3.59. The Kier molecular flexibility index (Phi) is 5.49. The number of alkyl halides is 1. The molecule has 0 aliphatic carbocycles. The van der Waals surface area contributed by atoms with E-state index in [1.165, 1.54) is 4.88 Å². The molecule has 0 bridgehead atoms. The van der Waals surface area contributed by atoms with Crippen LogP contribution in [0.25, 0.3) is 0 Å². The van der Waals surface area contributed by atoms with Crippen molar-refractivity contribution in [3.05, 3.63) is 21.9 Å². The molecule has 0 N–H and O–H groups in total. The summed E-state index contributed by atoms with van der Waals surface area (Å²) in [7, 11) is 0. The van der Waals surface area contributed by atoms with Crippen LogP contribution in [0.3, 0.4) is 0 Å². The van der Waals surface area contributed by atoms with Crippen LogP contribution in [0, 0.1) is 6.92 Å². The van der Waals surface area contributed by atoms with Crippen LogP contribution >= 0.6 is 27.3 Å². The maximum Gasteiger partial charge on any atom is 0.264 e. The van der Waals surface area contributed by atoms with Crippen molar-refractivity contribution in [2.45, 2.75) is 33.2 Å². The zero-order valence-electron chi connectivity index (χ0n) is 10.00. The van der Waals surface area contributed by atoms with Crippen molar-refractivity contribution < 1.29 is 4.79 Å². The van der Waals surface area contributed by atoms with Gasteiger partial charge >= 0.3 is 0 Å². The molecule has 2 nitrogen and oxygen atoms in total. The molecule has 0 saturated heterocycles. The van der Waals surface area contributed by atoms with Gasteiger partial charge in [-0.3, -0.25) is 4.79 Å². The van der Waals surface area contributed by atoms with Gasteiger partial charge in [0.25, 0.3) is 5.91 Å². The first kappa shape index (κ1) is 13.7. The van der Waals surface area contributed by atoms with Crippen LogP contribution in [0.1, 0.15) is 34.8 Å². The number of halogens is 1. The van der Waals surface area contributed by atoms with Crippen molar-refractivity contribution in [2.75, 3.05) is 11.9 Å². The van der Waals surface area contributed by atoms with Crippen LogP contribution in [0.15, 0.2) is 12.1 Å². The Balaban J connectivity index is 2.74.